The normalized spacial score (nSPS) is 12.0. The summed E-state index contributed by atoms with van der Waals surface area (Å²) in [5.41, 5.74) is 1.10. The standard InChI is InChI=1S/C17H20N2O5/c1-10(2)15-8-14(19-24-15)17(22)18-11(3)12-4-6-13(7-5-12)23-9-16(20)21/h4-8,10-11H,9H2,1-3H3,(H,18,22)(H,20,21). The first kappa shape index (κ1) is 17.5. The lowest BCUT2D eigenvalue weighted by Gasteiger charge is -2.14. The number of nitrogens with one attached hydrogen (secondary N) is 1. The first-order valence-electron chi connectivity index (χ1n) is 7.59. The minimum Gasteiger partial charge on any atom is -0.482 e. The highest BCUT2D eigenvalue weighted by molar-refractivity contribution is 5.92. The van der Waals surface area contributed by atoms with Crippen LogP contribution in [0.4, 0.5) is 0 Å². The Labute approximate surface area is 139 Å². The number of rotatable bonds is 7. The molecule has 1 aromatic carbocycles. The Kier molecular flexibility index (Phi) is 5.57. The molecule has 2 N–H and O–H groups in total. The van der Waals surface area contributed by atoms with Crippen molar-refractivity contribution in [1.82, 2.24) is 10.5 Å². The van der Waals surface area contributed by atoms with Crippen molar-refractivity contribution in [2.24, 2.45) is 0 Å². The van der Waals surface area contributed by atoms with E-state index >= 15 is 0 Å². The van der Waals surface area contributed by atoms with Gasteiger partial charge in [-0.05, 0) is 24.6 Å². The van der Waals surface area contributed by atoms with Crippen molar-refractivity contribution >= 4 is 11.9 Å². The van der Waals surface area contributed by atoms with E-state index in [0.717, 1.165) is 5.56 Å². The summed E-state index contributed by atoms with van der Waals surface area (Å²) in [6.07, 6.45) is 0. The summed E-state index contributed by atoms with van der Waals surface area (Å²) >= 11 is 0. The number of carboxylic acid groups (broad SMARTS) is 1. The second kappa shape index (κ2) is 7.63. The van der Waals surface area contributed by atoms with E-state index < -0.39 is 12.6 Å². The van der Waals surface area contributed by atoms with Crippen molar-refractivity contribution < 1.29 is 24.0 Å². The second-order valence-electron chi connectivity index (χ2n) is 5.72. The van der Waals surface area contributed by atoms with Crippen molar-refractivity contribution in [1.29, 1.82) is 0 Å². The molecule has 128 valence electrons. The number of hydrogen-bond acceptors (Lipinski definition) is 5. The van der Waals surface area contributed by atoms with Crippen LogP contribution in [0.15, 0.2) is 34.9 Å². The molecule has 1 amide bonds. The molecule has 1 atom stereocenters. The minimum atomic E-state index is -1.03. The van der Waals surface area contributed by atoms with Gasteiger partial charge >= 0.3 is 5.97 Å². The summed E-state index contributed by atoms with van der Waals surface area (Å²) in [6.45, 7) is 5.36. The Hall–Kier alpha value is -2.83. The average Bonchev–Trinajstić information content (AvgIpc) is 3.03. The van der Waals surface area contributed by atoms with E-state index in [0.29, 0.717) is 11.5 Å². The van der Waals surface area contributed by atoms with Gasteiger partial charge in [0.1, 0.15) is 11.5 Å². The summed E-state index contributed by atoms with van der Waals surface area (Å²) in [5, 5.41) is 15.2. The van der Waals surface area contributed by atoms with Crippen LogP contribution in [0, 0.1) is 0 Å². The largest absolute Gasteiger partial charge is 0.482 e. The van der Waals surface area contributed by atoms with Crippen LogP contribution in [0.25, 0.3) is 0 Å². The second-order valence-corrected chi connectivity index (χ2v) is 5.72. The molecular formula is C17H20N2O5. The maximum atomic E-state index is 12.2. The third-order valence-corrected chi connectivity index (χ3v) is 3.42. The van der Waals surface area contributed by atoms with E-state index in [2.05, 4.69) is 10.5 Å². The average molecular weight is 332 g/mol. The predicted molar refractivity (Wildman–Crippen MR) is 86.0 cm³/mol. The van der Waals surface area contributed by atoms with Crippen molar-refractivity contribution in [3.05, 3.63) is 47.3 Å². The number of carbonyl (C=O) groups excluding carboxylic acids is 1. The molecule has 0 aliphatic rings. The molecule has 0 fully saturated rings. The maximum Gasteiger partial charge on any atom is 0.341 e. The first-order chi connectivity index (χ1) is 11.4. The minimum absolute atomic E-state index is 0.162. The number of aliphatic carboxylic acids is 1. The van der Waals surface area contributed by atoms with Crippen LogP contribution in [0.5, 0.6) is 5.75 Å². The number of nitrogens with zero attached hydrogens (tertiary/aromatic N) is 1. The molecule has 0 saturated carbocycles. The highest BCUT2D eigenvalue weighted by Crippen LogP contribution is 2.19. The Bertz CT molecular complexity index is 706. The lowest BCUT2D eigenvalue weighted by atomic mass is 10.1. The van der Waals surface area contributed by atoms with Gasteiger partial charge in [-0.25, -0.2) is 4.79 Å². The highest BCUT2D eigenvalue weighted by Gasteiger charge is 2.17. The van der Waals surface area contributed by atoms with Crippen molar-refractivity contribution in [2.75, 3.05) is 6.61 Å². The van der Waals surface area contributed by atoms with Crippen LogP contribution in [-0.4, -0.2) is 28.7 Å². The quantitative estimate of drug-likeness (QED) is 0.808. The predicted octanol–water partition coefficient (Wildman–Crippen LogP) is 2.75. The van der Waals surface area contributed by atoms with E-state index in [-0.39, 0.29) is 23.6 Å². The van der Waals surface area contributed by atoms with E-state index in [4.69, 9.17) is 14.4 Å². The molecule has 7 nitrogen and oxygen atoms in total. The van der Waals surface area contributed by atoms with E-state index in [1.807, 2.05) is 20.8 Å². The molecule has 7 heteroatoms. The van der Waals surface area contributed by atoms with Gasteiger partial charge in [-0.15, -0.1) is 0 Å². The van der Waals surface area contributed by atoms with E-state index in [9.17, 15) is 9.59 Å². The SMILES string of the molecule is CC(C)c1cc(C(=O)NC(C)c2ccc(OCC(=O)O)cc2)no1. The van der Waals surface area contributed by atoms with Gasteiger partial charge < -0.3 is 19.7 Å². The summed E-state index contributed by atoms with van der Waals surface area (Å²) in [6, 6.07) is 8.25. The van der Waals surface area contributed by atoms with Gasteiger partial charge in [-0.3, -0.25) is 4.79 Å². The molecule has 0 radical (unpaired) electrons. The van der Waals surface area contributed by atoms with Crippen molar-refractivity contribution in [2.45, 2.75) is 32.7 Å². The fourth-order valence-corrected chi connectivity index (χ4v) is 2.02. The molecule has 0 aliphatic carbocycles. The first-order valence-corrected chi connectivity index (χ1v) is 7.59. The molecule has 0 saturated heterocycles. The number of ether oxygens (including phenoxy) is 1. The Balaban J connectivity index is 1.96. The number of benzene rings is 1. The highest BCUT2D eigenvalue weighted by atomic mass is 16.5. The van der Waals surface area contributed by atoms with Gasteiger partial charge in [0.05, 0.1) is 6.04 Å². The van der Waals surface area contributed by atoms with Gasteiger partial charge in [0.25, 0.3) is 5.91 Å². The summed E-state index contributed by atoms with van der Waals surface area (Å²) in [4.78, 5) is 22.6. The van der Waals surface area contributed by atoms with Crippen LogP contribution >= 0.6 is 0 Å². The topological polar surface area (TPSA) is 102 Å². The molecule has 24 heavy (non-hydrogen) atoms. The molecule has 1 heterocycles. The van der Waals surface area contributed by atoms with Gasteiger partial charge in [0.2, 0.25) is 0 Å². The summed E-state index contributed by atoms with van der Waals surface area (Å²) < 4.78 is 10.2. The Morgan fingerprint density at radius 3 is 2.46 bits per heavy atom. The maximum absolute atomic E-state index is 12.2. The smallest absolute Gasteiger partial charge is 0.341 e. The molecule has 0 bridgehead atoms. The lowest BCUT2D eigenvalue weighted by Crippen LogP contribution is -2.26. The van der Waals surface area contributed by atoms with Crippen LogP contribution in [0.3, 0.4) is 0 Å². The van der Waals surface area contributed by atoms with Crippen LogP contribution in [0.2, 0.25) is 0 Å². The number of aromatic nitrogens is 1. The monoisotopic (exact) mass is 332 g/mol. The molecule has 1 unspecified atom stereocenters. The third kappa shape index (κ3) is 4.58. The fraction of sp³-hybridized carbons (Fsp3) is 0.353. The zero-order valence-electron chi connectivity index (χ0n) is 13.8. The van der Waals surface area contributed by atoms with Crippen LogP contribution < -0.4 is 10.1 Å². The van der Waals surface area contributed by atoms with Gasteiger partial charge in [0, 0.05) is 12.0 Å². The Morgan fingerprint density at radius 1 is 1.25 bits per heavy atom. The zero-order valence-corrected chi connectivity index (χ0v) is 13.8. The van der Waals surface area contributed by atoms with Gasteiger partial charge in [-0.2, -0.15) is 0 Å². The van der Waals surface area contributed by atoms with Crippen LogP contribution in [0.1, 0.15) is 54.5 Å². The molecule has 2 rings (SSSR count). The number of amides is 1. The molecule has 1 aromatic heterocycles. The Morgan fingerprint density at radius 2 is 1.92 bits per heavy atom. The van der Waals surface area contributed by atoms with E-state index in [1.165, 1.54) is 0 Å². The van der Waals surface area contributed by atoms with Gasteiger partial charge in [-0.1, -0.05) is 31.1 Å². The summed E-state index contributed by atoms with van der Waals surface area (Å²) in [5.74, 6) is -0.0715. The molecular weight excluding hydrogens is 312 g/mol. The van der Waals surface area contributed by atoms with Crippen LogP contribution in [-0.2, 0) is 4.79 Å². The molecule has 0 aliphatic heterocycles. The fourth-order valence-electron chi connectivity index (χ4n) is 2.02. The number of hydrogen-bond donors (Lipinski definition) is 2. The third-order valence-electron chi connectivity index (χ3n) is 3.42. The number of carbonyl (C=O) groups is 2. The zero-order chi connectivity index (χ0) is 17.7. The molecule has 2 aromatic rings. The van der Waals surface area contributed by atoms with Crippen molar-refractivity contribution in [3.63, 3.8) is 0 Å². The molecule has 0 spiro atoms. The van der Waals surface area contributed by atoms with Gasteiger partial charge in [0.15, 0.2) is 12.3 Å². The summed E-state index contributed by atoms with van der Waals surface area (Å²) in [7, 11) is 0. The van der Waals surface area contributed by atoms with E-state index in [1.54, 1.807) is 30.3 Å². The number of carboxylic acids is 1. The lowest BCUT2D eigenvalue weighted by molar-refractivity contribution is -0.139. The van der Waals surface area contributed by atoms with Crippen molar-refractivity contribution in [3.8, 4) is 5.75 Å².